The molecule has 5 nitrogen and oxygen atoms in total. The molecule has 0 bridgehead atoms. The van der Waals surface area contributed by atoms with Crippen LogP contribution in [0.4, 0.5) is 0 Å². The van der Waals surface area contributed by atoms with Crippen molar-refractivity contribution in [3.05, 3.63) is 24.0 Å². The molecule has 1 aromatic rings. The van der Waals surface area contributed by atoms with Gasteiger partial charge in [0.15, 0.2) is 0 Å². The number of hydrogen-bond acceptors (Lipinski definition) is 4. The molecule has 0 aliphatic carbocycles. The van der Waals surface area contributed by atoms with Gasteiger partial charge in [0.2, 0.25) is 5.91 Å². The van der Waals surface area contributed by atoms with Gasteiger partial charge >= 0.3 is 5.97 Å². The molecule has 2 rings (SSSR count). The molecular weight excluding hydrogens is 252 g/mol. The van der Waals surface area contributed by atoms with Crippen LogP contribution in [0.5, 0.6) is 0 Å². The van der Waals surface area contributed by atoms with Crippen molar-refractivity contribution in [3.63, 3.8) is 0 Å². The monoisotopic (exact) mass is 268 g/mol. The zero-order chi connectivity index (χ0) is 13.1. The number of carbonyl (C=O) groups excluding carboxylic acids is 2. The number of nitrogens with zero attached hydrogens (tertiary/aromatic N) is 2. The van der Waals surface area contributed by atoms with Crippen LogP contribution < -0.4 is 0 Å². The number of esters is 1. The molecule has 0 saturated carbocycles. The number of rotatable bonds is 4. The lowest BCUT2D eigenvalue weighted by molar-refractivity contribution is -0.148. The van der Waals surface area contributed by atoms with Crippen molar-refractivity contribution in [2.75, 3.05) is 18.9 Å². The van der Waals surface area contributed by atoms with E-state index < -0.39 is 0 Å². The highest BCUT2D eigenvalue weighted by atomic mass is 32.2. The van der Waals surface area contributed by atoms with Crippen LogP contribution in [0.3, 0.4) is 0 Å². The third kappa shape index (κ3) is 2.53. The maximum Gasteiger partial charge on any atom is 0.325 e. The second-order valence-electron chi connectivity index (χ2n) is 4.03. The lowest BCUT2D eigenvalue weighted by Crippen LogP contribution is -2.34. The molecule has 1 unspecified atom stereocenters. The number of ether oxygens (including phenoxy) is 1. The number of aryl methyl sites for hydroxylation is 1. The zero-order valence-corrected chi connectivity index (χ0v) is 11.3. The Morgan fingerprint density at radius 2 is 2.39 bits per heavy atom. The first kappa shape index (κ1) is 13.0. The minimum absolute atomic E-state index is 0.0146. The molecule has 1 aromatic heterocycles. The lowest BCUT2D eigenvalue weighted by atomic mass is 10.3. The second kappa shape index (κ2) is 5.48. The average Bonchev–Trinajstić information content (AvgIpc) is 2.87. The maximum atomic E-state index is 11.8. The summed E-state index contributed by atoms with van der Waals surface area (Å²) in [6.07, 6.45) is 1.93. The van der Waals surface area contributed by atoms with E-state index in [0.29, 0.717) is 12.4 Å². The Labute approximate surface area is 110 Å². The molecule has 1 atom stereocenters. The summed E-state index contributed by atoms with van der Waals surface area (Å²) in [4.78, 5) is 24.9. The van der Waals surface area contributed by atoms with E-state index in [9.17, 15) is 9.59 Å². The predicted molar refractivity (Wildman–Crippen MR) is 69.0 cm³/mol. The van der Waals surface area contributed by atoms with E-state index >= 15 is 0 Å². The van der Waals surface area contributed by atoms with Crippen molar-refractivity contribution in [1.29, 1.82) is 0 Å². The van der Waals surface area contributed by atoms with E-state index in [1.807, 2.05) is 29.9 Å². The number of thioether (sulfide) groups is 1. The Kier molecular flexibility index (Phi) is 3.96. The summed E-state index contributed by atoms with van der Waals surface area (Å²) in [6.45, 7) is 2.12. The molecule has 2 heterocycles. The molecule has 1 fully saturated rings. The Balaban J connectivity index is 2.13. The Morgan fingerprint density at radius 1 is 1.61 bits per heavy atom. The lowest BCUT2D eigenvalue weighted by Gasteiger charge is -2.23. The fourth-order valence-electron chi connectivity index (χ4n) is 1.95. The highest BCUT2D eigenvalue weighted by Crippen LogP contribution is 2.38. The normalized spacial score (nSPS) is 19.3. The van der Waals surface area contributed by atoms with Crippen LogP contribution >= 0.6 is 11.8 Å². The van der Waals surface area contributed by atoms with Gasteiger partial charge in [-0.1, -0.05) is 0 Å². The van der Waals surface area contributed by atoms with Crippen molar-refractivity contribution in [2.24, 2.45) is 7.05 Å². The average molecular weight is 268 g/mol. The first-order valence-corrected chi connectivity index (χ1v) is 6.86. The van der Waals surface area contributed by atoms with Gasteiger partial charge in [-0.2, -0.15) is 0 Å². The van der Waals surface area contributed by atoms with E-state index in [2.05, 4.69) is 0 Å². The third-order valence-electron chi connectivity index (χ3n) is 2.81. The summed E-state index contributed by atoms with van der Waals surface area (Å²) < 4.78 is 6.87. The Bertz CT molecular complexity index is 458. The standard InChI is InChI=1S/C12H16N2O3S/c1-3-17-11(16)7-14-10(15)8-18-12(14)9-5-4-6-13(9)2/h4-6,12H,3,7-8H2,1-2H3. The van der Waals surface area contributed by atoms with Crippen LogP contribution in [0.25, 0.3) is 0 Å². The van der Waals surface area contributed by atoms with E-state index in [1.54, 1.807) is 11.8 Å². The fourth-order valence-corrected chi connectivity index (χ4v) is 3.20. The minimum Gasteiger partial charge on any atom is -0.465 e. The SMILES string of the molecule is CCOC(=O)CN1C(=O)CSC1c1cccn1C. The topological polar surface area (TPSA) is 51.5 Å². The molecule has 0 N–H and O–H groups in total. The minimum atomic E-state index is -0.354. The summed E-state index contributed by atoms with van der Waals surface area (Å²) in [6, 6.07) is 3.90. The number of hydrogen-bond donors (Lipinski definition) is 0. The van der Waals surface area contributed by atoms with E-state index in [1.165, 1.54) is 11.8 Å². The van der Waals surface area contributed by atoms with Gasteiger partial charge in [-0.05, 0) is 19.1 Å². The van der Waals surface area contributed by atoms with Crippen LogP contribution in [0.1, 0.15) is 18.0 Å². The molecule has 0 spiro atoms. The molecule has 1 amide bonds. The van der Waals surface area contributed by atoms with Gasteiger partial charge in [-0.25, -0.2) is 0 Å². The Morgan fingerprint density at radius 3 is 3.00 bits per heavy atom. The van der Waals surface area contributed by atoms with Gasteiger partial charge in [0.25, 0.3) is 0 Å². The highest BCUT2D eigenvalue weighted by Gasteiger charge is 2.35. The van der Waals surface area contributed by atoms with Crippen LogP contribution in [-0.2, 0) is 21.4 Å². The van der Waals surface area contributed by atoms with E-state index in [0.717, 1.165) is 5.69 Å². The smallest absolute Gasteiger partial charge is 0.325 e. The van der Waals surface area contributed by atoms with Crippen molar-refractivity contribution in [3.8, 4) is 0 Å². The molecule has 1 aliphatic heterocycles. The number of carbonyl (C=O) groups is 2. The summed E-state index contributed by atoms with van der Waals surface area (Å²) in [5.41, 5.74) is 1.02. The van der Waals surface area contributed by atoms with Gasteiger partial charge in [0, 0.05) is 13.2 Å². The molecule has 1 aliphatic rings. The van der Waals surface area contributed by atoms with Crippen molar-refractivity contribution in [2.45, 2.75) is 12.3 Å². The molecule has 0 radical (unpaired) electrons. The molecular formula is C12H16N2O3S. The first-order chi connectivity index (χ1) is 8.63. The zero-order valence-electron chi connectivity index (χ0n) is 10.5. The quantitative estimate of drug-likeness (QED) is 0.769. The van der Waals surface area contributed by atoms with Crippen molar-refractivity contribution < 1.29 is 14.3 Å². The molecule has 6 heteroatoms. The summed E-state index contributed by atoms with van der Waals surface area (Å²) in [5.74, 6) is 0.0433. The van der Waals surface area contributed by atoms with Crippen LogP contribution in [0.2, 0.25) is 0 Å². The molecule has 1 saturated heterocycles. The number of aromatic nitrogens is 1. The number of amides is 1. The summed E-state index contributed by atoms with van der Waals surface area (Å²) in [7, 11) is 1.93. The van der Waals surface area contributed by atoms with Gasteiger partial charge in [0.1, 0.15) is 11.9 Å². The summed E-state index contributed by atoms with van der Waals surface area (Å²) in [5, 5.41) is -0.0955. The largest absolute Gasteiger partial charge is 0.465 e. The maximum absolute atomic E-state index is 11.8. The summed E-state index contributed by atoms with van der Waals surface area (Å²) >= 11 is 1.54. The van der Waals surface area contributed by atoms with Gasteiger partial charge in [-0.3, -0.25) is 9.59 Å². The van der Waals surface area contributed by atoms with Crippen LogP contribution in [0, 0.1) is 0 Å². The van der Waals surface area contributed by atoms with Gasteiger partial charge in [0.05, 0.1) is 18.1 Å². The molecule has 98 valence electrons. The predicted octanol–water partition coefficient (Wildman–Crippen LogP) is 1.16. The Hall–Kier alpha value is -1.43. The molecule has 0 aromatic carbocycles. The third-order valence-corrected chi connectivity index (χ3v) is 4.04. The van der Waals surface area contributed by atoms with Crippen molar-refractivity contribution >= 4 is 23.6 Å². The van der Waals surface area contributed by atoms with Crippen LogP contribution in [0.15, 0.2) is 18.3 Å². The van der Waals surface area contributed by atoms with Gasteiger partial charge < -0.3 is 14.2 Å². The second-order valence-corrected chi connectivity index (χ2v) is 5.10. The fraction of sp³-hybridized carbons (Fsp3) is 0.500. The van der Waals surface area contributed by atoms with Crippen LogP contribution in [-0.4, -0.2) is 40.2 Å². The van der Waals surface area contributed by atoms with Crippen molar-refractivity contribution in [1.82, 2.24) is 9.47 Å². The first-order valence-electron chi connectivity index (χ1n) is 5.81. The van der Waals surface area contributed by atoms with E-state index in [4.69, 9.17) is 4.74 Å². The highest BCUT2D eigenvalue weighted by molar-refractivity contribution is 8.00. The van der Waals surface area contributed by atoms with E-state index in [-0.39, 0.29) is 23.8 Å². The molecule has 18 heavy (non-hydrogen) atoms. The van der Waals surface area contributed by atoms with Gasteiger partial charge in [-0.15, -0.1) is 11.8 Å².